The van der Waals surface area contributed by atoms with Gasteiger partial charge in [-0.05, 0) is 32.1 Å². The summed E-state index contributed by atoms with van der Waals surface area (Å²) < 4.78 is 46.3. The third-order valence-electron chi connectivity index (χ3n) is 20.5. The fraction of sp³-hybridized carbons (Fsp3) is 0.904. The Morgan fingerprint density at radius 1 is 0.562 bits per heavy atom. The van der Waals surface area contributed by atoms with Crippen molar-refractivity contribution in [3.05, 3.63) is 12.2 Å². The van der Waals surface area contributed by atoms with Crippen molar-refractivity contribution in [3.8, 4) is 0 Å². The molecule has 0 radical (unpaired) electrons. The first-order valence-corrected chi connectivity index (χ1v) is 38.6. The van der Waals surface area contributed by atoms with Gasteiger partial charge in [0.05, 0.1) is 69.0 Å². The van der Waals surface area contributed by atoms with Crippen LogP contribution in [0.1, 0.15) is 234 Å². The lowest BCUT2D eigenvalue weighted by molar-refractivity contribution is -0.365. The summed E-state index contributed by atoms with van der Waals surface area (Å²) in [6.45, 7) is 3.63. The van der Waals surface area contributed by atoms with Gasteiger partial charge in [-0.25, -0.2) is 9.59 Å². The van der Waals surface area contributed by atoms with Crippen LogP contribution >= 0.6 is 0 Å². The highest BCUT2D eigenvalue weighted by molar-refractivity contribution is 5.79. The van der Waals surface area contributed by atoms with E-state index in [-0.39, 0.29) is 6.42 Å². The minimum atomic E-state index is -3.38. The number of ether oxygens (including phenoxy) is 8. The standard InChI is InChI=1S/C73H131N3O29/c1-6-8-9-10-11-12-13-14-15-16-17-18-19-20-21-22-27-30-33-36-54(84)75-47(48(80)35-32-29-26-24-23-25-28-31-34-44(3)7-2)41-98-69-65(93)63(91)61(89)53(102-69)42-100-72(70(94)95)38-52(57(74-46(5)79)67(104-72)60(88)51(83)40-78)103-73(71(96)97)37-49(81)56(66(105-73)59(87)50(82)39-77)76-55(85)43-99-68-64(92)62(90)58(86)45(4)101-68/h32,35,44-45,47-53,56-69,77-78,80-83,86-93H,6-31,33-34,36-43H2,1-5H3,(H,74,79)(H,75,84)(H,76,85)(H,94,95)(H,96,97)/b35-32+/t44?,45-,47-,48+,49-,50?,51?,52-,53+,56+,57+,58+,59?,60?,61+,62+,63-,64-,65+,66+,67+,68+,69+,72+,73+/m0/s1. The molecular weight excluding hydrogens is 1380 g/mol. The van der Waals surface area contributed by atoms with Crippen LogP contribution in [-0.2, 0) is 61.9 Å². The van der Waals surface area contributed by atoms with E-state index >= 15 is 0 Å². The van der Waals surface area contributed by atoms with E-state index in [4.69, 9.17) is 37.9 Å². The predicted octanol–water partition coefficient (Wildman–Crippen LogP) is 1.37. The molecule has 105 heavy (non-hydrogen) atoms. The first-order valence-electron chi connectivity index (χ1n) is 38.6. The summed E-state index contributed by atoms with van der Waals surface area (Å²) in [7, 11) is 0. The molecule has 32 nitrogen and oxygen atoms in total. The number of hydrogen-bond acceptors (Lipinski definition) is 27. The lowest BCUT2D eigenvalue weighted by atomic mass is 9.86. The van der Waals surface area contributed by atoms with E-state index in [9.17, 15) is 106 Å². The van der Waals surface area contributed by atoms with Crippen LogP contribution in [0.15, 0.2) is 12.2 Å². The first kappa shape index (κ1) is 93.6. The Balaban J connectivity index is 1.52. The van der Waals surface area contributed by atoms with Crippen molar-refractivity contribution in [1.82, 2.24) is 16.0 Å². The van der Waals surface area contributed by atoms with E-state index < -0.39 is 222 Å². The molecule has 4 aliphatic rings. The minimum Gasteiger partial charge on any atom is -0.477 e. The van der Waals surface area contributed by atoms with Gasteiger partial charge in [-0.15, -0.1) is 0 Å². The number of nitrogens with one attached hydrogen (secondary N) is 3. The number of carboxylic acid groups (broad SMARTS) is 2. The Morgan fingerprint density at radius 2 is 1.05 bits per heavy atom. The molecule has 32 heteroatoms. The zero-order valence-corrected chi connectivity index (χ0v) is 62.4. The third kappa shape index (κ3) is 30.8. The molecule has 0 aliphatic carbocycles. The molecule has 612 valence electrons. The van der Waals surface area contributed by atoms with E-state index in [1.54, 1.807) is 6.08 Å². The van der Waals surface area contributed by atoms with Gasteiger partial charge in [0.15, 0.2) is 12.6 Å². The maximum Gasteiger partial charge on any atom is 0.364 e. The number of hydrogen-bond donors (Lipinski definition) is 19. The monoisotopic (exact) mass is 1510 g/mol. The number of allylic oxidation sites excluding steroid dienone is 1. The second kappa shape index (κ2) is 49.5. The molecule has 0 spiro atoms. The van der Waals surface area contributed by atoms with Crippen LogP contribution in [0.25, 0.3) is 0 Å². The minimum absolute atomic E-state index is 0.116. The molecule has 0 saturated carbocycles. The van der Waals surface area contributed by atoms with Crippen molar-refractivity contribution in [3.63, 3.8) is 0 Å². The van der Waals surface area contributed by atoms with Crippen molar-refractivity contribution < 1.29 is 144 Å². The van der Waals surface area contributed by atoms with Crippen LogP contribution in [0.4, 0.5) is 0 Å². The zero-order chi connectivity index (χ0) is 77.8. The molecule has 4 rings (SSSR count). The van der Waals surface area contributed by atoms with Gasteiger partial charge in [0.25, 0.3) is 11.6 Å². The average Bonchev–Trinajstić information content (AvgIpc) is 0.744. The molecule has 4 saturated heterocycles. The van der Waals surface area contributed by atoms with Crippen molar-refractivity contribution in [2.24, 2.45) is 5.92 Å². The molecule has 0 aromatic carbocycles. The Hall–Kier alpha value is -3.79. The second-order valence-corrected chi connectivity index (χ2v) is 29.3. The van der Waals surface area contributed by atoms with Gasteiger partial charge in [-0.2, -0.15) is 0 Å². The van der Waals surface area contributed by atoms with Gasteiger partial charge >= 0.3 is 11.9 Å². The van der Waals surface area contributed by atoms with Crippen molar-refractivity contribution in [1.29, 1.82) is 0 Å². The second-order valence-electron chi connectivity index (χ2n) is 29.3. The molecule has 0 aromatic rings. The summed E-state index contributed by atoms with van der Waals surface area (Å²) in [4.78, 5) is 67.5. The number of aliphatic hydroxyl groups is 14. The Morgan fingerprint density at radius 3 is 1.56 bits per heavy atom. The van der Waals surface area contributed by atoms with Crippen LogP contribution in [-0.4, -0.2) is 290 Å². The molecule has 3 amide bonds. The van der Waals surface area contributed by atoms with Crippen molar-refractivity contribution in [2.75, 3.05) is 33.0 Å². The van der Waals surface area contributed by atoms with Gasteiger partial charge < -0.3 is 136 Å². The maximum absolute atomic E-state index is 13.8. The van der Waals surface area contributed by atoms with E-state index in [2.05, 4.69) is 36.7 Å². The lowest BCUT2D eigenvalue weighted by Gasteiger charge is -2.52. The third-order valence-corrected chi connectivity index (χ3v) is 20.5. The van der Waals surface area contributed by atoms with Gasteiger partial charge in [0.2, 0.25) is 17.7 Å². The molecule has 4 aliphatic heterocycles. The molecular formula is C73H131N3O29. The van der Waals surface area contributed by atoms with Gasteiger partial charge in [-0.1, -0.05) is 193 Å². The predicted molar refractivity (Wildman–Crippen MR) is 377 cm³/mol. The summed E-state index contributed by atoms with van der Waals surface area (Å²) >= 11 is 0. The Kier molecular flexibility index (Phi) is 44.1. The van der Waals surface area contributed by atoms with Crippen LogP contribution in [0.2, 0.25) is 0 Å². The smallest absolute Gasteiger partial charge is 0.364 e. The van der Waals surface area contributed by atoms with Crippen molar-refractivity contribution in [2.45, 2.75) is 380 Å². The highest BCUT2D eigenvalue weighted by atomic mass is 16.8. The van der Waals surface area contributed by atoms with Crippen LogP contribution in [0.3, 0.4) is 0 Å². The number of rotatable bonds is 54. The Bertz CT molecular complexity index is 2480. The zero-order valence-electron chi connectivity index (χ0n) is 62.4. The topological polar surface area (TPSA) is 519 Å². The van der Waals surface area contributed by atoms with Crippen LogP contribution in [0.5, 0.6) is 0 Å². The number of carbonyl (C=O) groups excluding carboxylic acids is 3. The molecule has 19 N–H and O–H groups in total. The first-order chi connectivity index (χ1) is 50.0. The largest absolute Gasteiger partial charge is 0.477 e. The Labute approximate surface area is 617 Å². The van der Waals surface area contributed by atoms with E-state index in [1.807, 2.05) is 0 Å². The summed E-state index contributed by atoms with van der Waals surface area (Å²) in [6.07, 6.45) is -5.41. The van der Waals surface area contributed by atoms with Gasteiger partial charge in [0, 0.05) is 26.2 Å². The van der Waals surface area contributed by atoms with Crippen LogP contribution in [0, 0.1) is 5.92 Å². The summed E-state index contributed by atoms with van der Waals surface area (Å²) in [5.74, 6) is -12.9. The normalized spacial score (nSPS) is 31.5. The fourth-order valence-electron chi connectivity index (χ4n) is 13.7. The van der Waals surface area contributed by atoms with E-state index in [1.165, 1.54) is 109 Å². The molecule has 5 unspecified atom stereocenters. The number of carbonyl (C=O) groups is 5. The molecule has 4 fully saturated rings. The molecule has 0 bridgehead atoms. The maximum atomic E-state index is 13.8. The van der Waals surface area contributed by atoms with E-state index in [0.717, 1.165) is 77.6 Å². The fourth-order valence-corrected chi connectivity index (χ4v) is 13.7. The summed E-state index contributed by atoms with van der Waals surface area (Å²) in [5.41, 5.74) is 0. The molecule has 4 heterocycles. The summed E-state index contributed by atoms with van der Waals surface area (Å²) in [6, 6.07) is -5.15. The van der Waals surface area contributed by atoms with Crippen molar-refractivity contribution >= 4 is 29.7 Å². The highest BCUT2D eigenvalue weighted by Crippen LogP contribution is 2.42. The average molecular weight is 1510 g/mol. The molecule has 0 aromatic heterocycles. The highest BCUT2D eigenvalue weighted by Gasteiger charge is 2.63. The number of unbranched alkanes of at least 4 members (excludes halogenated alkanes) is 24. The SMILES string of the molecule is CCCCCCCCCCCCCCCCCCCCCC(=O)N[C@@H](CO[C@@H]1O[C@H](CO[C@]2(C(=O)O)C[C@H](O[C@]3(C(=O)O)C[C@H](O)[C@@H](NC(=O)CO[C@@H]4O[C@@H](C)[C@@H](O)[C@@H](O)[C@@H]4O)[C@H](C(O)C(O)CO)O3)[C@@H](NC(C)=O)[C@H](C(O)C(O)CO)O2)[C@@H](O)[C@H](O)[C@H]1O)[C@H](O)/C=C/CCCCCCCCC(C)CC. The number of aliphatic hydroxyl groups excluding tert-OH is 14. The number of carboxylic acids is 2. The van der Waals surface area contributed by atoms with E-state index in [0.29, 0.717) is 18.8 Å². The van der Waals surface area contributed by atoms with Gasteiger partial charge in [-0.3, -0.25) is 14.4 Å². The molecule has 25 atom stereocenters. The van der Waals surface area contributed by atoms with Gasteiger partial charge in [0.1, 0.15) is 86.0 Å². The number of amides is 3. The van der Waals surface area contributed by atoms with Crippen LogP contribution < -0.4 is 16.0 Å². The number of aliphatic carboxylic acids is 2. The lowest BCUT2D eigenvalue weighted by Crippen LogP contribution is -2.72. The summed E-state index contributed by atoms with van der Waals surface area (Å²) in [5, 5.41) is 182. The quantitative estimate of drug-likeness (QED) is 0.0302.